The van der Waals surface area contributed by atoms with Gasteiger partial charge in [0.1, 0.15) is 23.2 Å². The highest BCUT2D eigenvalue weighted by atomic mass is 35.5. The highest BCUT2D eigenvalue weighted by Crippen LogP contribution is 2.45. The van der Waals surface area contributed by atoms with Gasteiger partial charge in [-0.3, -0.25) is 14.4 Å². The molecule has 278 valence electrons. The summed E-state index contributed by atoms with van der Waals surface area (Å²) in [6.07, 6.45) is 0.738. The van der Waals surface area contributed by atoms with Crippen molar-refractivity contribution in [2.45, 2.75) is 88.5 Å². The van der Waals surface area contributed by atoms with Gasteiger partial charge < -0.3 is 20.3 Å². The Bertz CT molecular complexity index is 1980. The minimum atomic E-state index is -4.27. The molecule has 2 aliphatic rings. The van der Waals surface area contributed by atoms with Crippen molar-refractivity contribution in [2.24, 2.45) is 11.3 Å². The van der Waals surface area contributed by atoms with Gasteiger partial charge in [0.25, 0.3) is 15.9 Å². The van der Waals surface area contributed by atoms with Crippen LogP contribution in [0.1, 0.15) is 60.4 Å². The molecule has 17 heteroatoms. The molecule has 1 aromatic heterocycles. The quantitative estimate of drug-likeness (QED) is 0.257. The molecule has 52 heavy (non-hydrogen) atoms. The molecule has 1 saturated heterocycles. The Balaban J connectivity index is 1.45. The van der Waals surface area contributed by atoms with Gasteiger partial charge in [-0.1, -0.05) is 68.8 Å². The lowest BCUT2D eigenvalue weighted by Crippen LogP contribution is -2.60. The standard InChI is InChI=1S/C35H43ClN8O7S/c1-8-22-19-35(22,31(47)41-52(49,50)25-15-10-9-11-16-25)38-29(45)26-18-24(44-40-28(39-42-44)21-13-12-14-23(36)17-21)20-43(26)30(46)27(33(2,3)4)37-32(48)51-34(5,6)7/h8-17,22,24,26-27H,1,18-20H2,2-7H3,(H,37,48)(H,38,45)(H,41,47)/t22-,24-,26+,27-,35-/m1/s1. The zero-order valence-corrected chi connectivity index (χ0v) is 31.4. The van der Waals surface area contributed by atoms with Crippen LogP contribution >= 0.6 is 11.6 Å². The van der Waals surface area contributed by atoms with E-state index in [1.807, 2.05) is 0 Å². The normalized spacial score (nSPS) is 22.2. The number of carbonyl (C=O) groups is 4. The highest BCUT2D eigenvalue weighted by molar-refractivity contribution is 7.90. The lowest BCUT2D eigenvalue weighted by molar-refractivity contribution is -0.143. The van der Waals surface area contributed by atoms with Crippen molar-refractivity contribution in [3.8, 4) is 11.4 Å². The van der Waals surface area contributed by atoms with Gasteiger partial charge in [-0.25, -0.2) is 17.9 Å². The lowest BCUT2D eigenvalue weighted by Gasteiger charge is -2.36. The molecule has 2 heterocycles. The maximum atomic E-state index is 14.4. The average Bonchev–Trinajstić information content (AvgIpc) is 3.35. The maximum absolute atomic E-state index is 14.4. The van der Waals surface area contributed by atoms with Crippen LogP contribution in [0.5, 0.6) is 0 Å². The van der Waals surface area contributed by atoms with E-state index in [0.717, 1.165) is 0 Å². The van der Waals surface area contributed by atoms with Crippen molar-refractivity contribution < 1.29 is 32.3 Å². The van der Waals surface area contributed by atoms with Crippen molar-refractivity contribution in [3.05, 3.63) is 72.3 Å². The number of halogens is 1. The van der Waals surface area contributed by atoms with Crippen LogP contribution in [0.15, 0.2) is 72.1 Å². The van der Waals surface area contributed by atoms with Gasteiger partial charge in [-0.15, -0.1) is 16.8 Å². The van der Waals surface area contributed by atoms with Crippen LogP contribution in [0.2, 0.25) is 5.02 Å². The summed E-state index contributed by atoms with van der Waals surface area (Å²) in [7, 11) is -4.27. The number of nitrogens with one attached hydrogen (secondary N) is 3. The Morgan fingerprint density at radius 2 is 1.75 bits per heavy atom. The van der Waals surface area contributed by atoms with Crippen molar-refractivity contribution >= 4 is 45.4 Å². The number of sulfonamides is 1. The number of rotatable bonds is 10. The van der Waals surface area contributed by atoms with Gasteiger partial charge >= 0.3 is 6.09 Å². The Kier molecular flexibility index (Phi) is 10.6. The number of tetrazole rings is 1. The first-order chi connectivity index (χ1) is 24.2. The summed E-state index contributed by atoms with van der Waals surface area (Å²) in [5, 5.41) is 18.8. The van der Waals surface area contributed by atoms with Crippen molar-refractivity contribution in [1.29, 1.82) is 0 Å². The van der Waals surface area contributed by atoms with E-state index in [1.54, 1.807) is 71.9 Å². The number of amides is 4. The number of nitrogens with zero attached hydrogens (tertiary/aromatic N) is 5. The topological polar surface area (TPSA) is 195 Å². The molecule has 1 aliphatic heterocycles. The van der Waals surface area contributed by atoms with E-state index in [4.69, 9.17) is 16.3 Å². The van der Waals surface area contributed by atoms with Gasteiger partial charge in [-0.05, 0) is 62.1 Å². The van der Waals surface area contributed by atoms with Crippen molar-refractivity contribution in [1.82, 2.24) is 40.5 Å². The molecule has 0 spiro atoms. The summed E-state index contributed by atoms with van der Waals surface area (Å²) < 4.78 is 33.7. The fraction of sp³-hybridized carbons (Fsp3) is 0.457. The fourth-order valence-corrected chi connectivity index (χ4v) is 7.29. The van der Waals surface area contributed by atoms with E-state index in [2.05, 4.69) is 37.3 Å². The second-order valence-corrected chi connectivity index (χ2v) is 17.2. The van der Waals surface area contributed by atoms with Gasteiger partial charge in [0.2, 0.25) is 17.6 Å². The van der Waals surface area contributed by atoms with Crippen molar-refractivity contribution in [3.63, 3.8) is 0 Å². The molecular weight excluding hydrogens is 712 g/mol. The van der Waals surface area contributed by atoms with E-state index < -0.39 is 74.4 Å². The third-order valence-corrected chi connectivity index (χ3v) is 10.4. The molecule has 1 aliphatic carbocycles. The van der Waals surface area contributed by atoms with Gasteiger partial charge in [-0.2, -0.15) is 4.80 Å². The van der Waals surface area contributed by atoms with E-state index in [-0.39, 0.29) is 30.1 Å². The van der Waals surface area contributed by atoms with Crippen LogP contribution in [-0.4, -0.2) is 87.1 Å². The zero-order chi connectivity index (χ0) is 38.2. The van der Waals surface area contributed by atoms with E-state index in [0.29, 0.717) is 10.6 Å². The summed E-state index contributed by atoms with van der Waals surface area (Å²) in [4.78, 5) is 57.8. The van der Waals surface area contributed by atoms with Crippen LogP contribution < -0.4 is 15.4 Å². The second kappa shape index (κ2) is 14.3. The Hall–Kier alpha value is -4.83. The first-order valence-electron chi connectivity index (χ1n) is 16.7. The van der Waals surface area contributed by atoms with Gasteiger partial charge in [0.15, 0.2) is 0 Å². The monoisotopic (exact) mass is 754 g/mol. The van der Waals surface area contributed by atoms with Crippen LogP contribution in [0, 0.1) is 11.3 Å². The number of likely N-dealkylation sites (tertiary alicyclic amines) is 1. The average molecular weight is 755 g/mol. The molecule has 1 saturated carbocycles. The summed E-state index contributed by atoms with van der Waals surface area (Å²) in [5.41, 5.74) is -2.71. The molecule has 5 atom stereocenters. The predicted octanol–water partition coefficient (Wildman–Crippen LogP) is 3.64. The highest BCUT2D eigenvalue weighted by Gasteiger charge is 2.61. The van der Waals surface area contributed by atoms with E-state index in [9.17, 15) is 27.6 Å². The number of ether oxygens (including phenoxy) is 1. The van der Waals surface area contributed by atoms with Crippen LogP contribution in [0.25, 0.3) is 11.4 Å². The third-order valence-electron chi connectivity index (χ3n) is 8.81. The smallest absolute Gasteiger partial charge is 0.408 e. The first-order valence-corrected chi connectivity index (χ1v) is 18.5. The predicted molar refractivity (Wildman–Crippen MR) is 191 cm³/mol. The Morgan fingerprint density at radius 1 is 1.06 bits per heavy atom. The molecule has 4 amide bonds. The number of aromatic nitrogens is 4. The lowest BCUT2D eigenvalue weighted by atomic mass is 9.85. The molecular formula is C35H43ClN8O7S. The minimum absolute atomic E-state index is 0.00495. The fourth-order valence-electron chi connectivity index (χ4n) is 6.04. The summed E-state index contributed by atoms with van der Waals surface area (Å²) >= 11 is 6.16. The van der Waals surface area contributed by atoms with Gasteiger partial charge in [0.05, 0.1) is 10.9 Å². The molecule has 5 rings (SSSR count). The number of hydrogen-bond donors (Lipinski definition) is 3. The van der Waals surface area contributed by atoms with Crippen molar-refractivity contribution in [2.75, 3.05) is 6.54 Å². The molecule has 2 fully saturated rings. The third kappa shape index (κ3) is 8.44. The minimum Gasteiger partial charge on any atom is -0.444 e. The summed E-state index contributed by atoms with van der Waals surface area (Å²) in [6.45, 7) is 14.1. The second-order valence-electron chi connectivity index (χ2n) is 15.0. The van der Waals surface area contributed by atoms with Gasteiger partial charge in [0, 0.05) is 29.5 Å². The molecule has 0 radical (unpaired) electrons. The largest absolute Gasteiger partial charge is 0.444 e. The number of alkyl carbamates (subject to hydrolysis) is 1. The summed E-state index contributed by atoms with van der Waals surface area (Å²) in [5.74, 6) is -2.55. The number of carbonyl (C=O) groups excluding carboxylic acids is 4. The van der Waals surface area contributed by atoms with E-state index in [1.165, 1.54) is 40.0 Å². The van der Waals surface area contributed by atoms with Crippen LogP contribution in [0.3, 0.4) is 0 Å². The maximum Gasteiger partial charge on any atom is 0.408 e. The Morgan fingerprint density at radius 3 is 2.35 bits per heavy atom. The van der Waals surface area contributed by atoms with Crippen LogP contribution in [0.4, 0.5) is 4.79 Å². The zero-order valence-electron chi connectivity index (χ0n) is 29.8. The van der Waals surface area contributed by atoms with Crippen LogP contribution in [-0.2, 0) is 29.1 Å². The first kappa shape index (κ1) is 38.4. The van der Waals surface area contributed by atoms with E-state index >= 15 is 0 Å². The molecule has 2 aromatic carbocycles. The number of benzene rings is 2. The molecule has 15 nitrogen and oxygen atoms in total. The molecule has 3 N–H and O–H groups in total. The Labute approximate surface area is 307 Å². The molecule has 0 unspecified atom stereocenters. The number of hydrogen-bond acceptors (Lipinski definition) is 10. The molecule has 3 aromatic rings. The summed E-state index contributed by atoms with van der Waals surface area (Å²) in [6, 6.07) is 11.3. The SMILES string of the molecule is C=C[C@@H]1C[C@]1(NC(=O)[C@@H]1C[C@@H](n2nnc(-c3cccc(Cl)c3)n2)CN1C(=O)[C@@H](NC(=O)OC(C)(C)C)C(C)(C)C)C(=O)NS(=O)(=O)c1ccccc1. The molecule has 0 bridgehead atoms.